The molecule has 0 saturated carbocycles. The summed E-state index contributed by atoms with van der Waals surface area (Å²) in [6.45, 7) is 2.12. The minimum Gasteiger partial charge on any atom is -0.450 e. The smallest absolute Gasteiger partial charge is 0.411 e. The van der Waals surface area contributed by atoms with E-state index in [4.69, 9.17) is 16.3 Å². The molecule has 17 heavy (non-hydrogen) atoms. The van der Waals surface area contributed by atoms with E-state index in [1.807, 2.05) is 36.4 Å². The molecule has 0 aliphatic rings. The van der Waals surface area contributed by atoms with Crippen molar-refractivity contribution in [1.82, 2.24) is 0 Å². The molecule has 0 heterocycles. The van der Waals surface area contributed by atoms with E-state index in [2.05, 4.69) is 5.32 Å². The van der Waals surface area contributed by atoms with Crippen LogP contribution in [0.15, 0.2) is 36.4 Å². The van der Waals surface area contributed by atoms with Gasteiger partial charge >= 0.3 is 6.09 Å². The van der Waals surface area contributed by atoms with Gasteiger partial charge in [-0.2, -0.15) is 0 Å². The zero-order chi connectivity index (χ0) is 12.3. The molecule has 4 heteroatoms. The Bertz CT molecular complexity index is 554. The average Bonchev–Trinajstić information content (AvgIpc) is 2.29. The standard InChI is InChI=1S/C13H12ClNO2/c1-2-17-13(16)15-12-6-4-9-7-11(14)5-3-10(9)8-12/h3-8H,2H2,1H3,(H,15,16). The van der Waals surface area contributed by atoms with Gasteiger partial charge in [0.15, 0.2) is 0 Å². The molecule has 0 bridgehead atoms. The Hall–Kier alpha value is -1.74. The van der Waals surface area contributed by atoms with E-state index in [9.17, 15) is 4.79 Å². The van der Waals surface area contributed by atoms with E-state index in [1.54, 1.807) is 6.92 Å². The van der Waals surface area contributed by atoms with E-state index in [0.717, 1.165) is 10.8 Å². The van der Waals surface area contributed by atoms with Crippen molar-refractivity contribution in [2.45, 2.75) is 6.92 Å². The third kappa shape index (κ3) is 2.88. The fraction of sp³-hybridized carbons (Fsp3) is 0.154. The SMILES string of the molecule is CCOC(=O)Nc1ccc2cc(Cl)ccc2c1. The van der Waals surface area contributed by atoms with Gasteiger partial charge in [0, 0.05) is 10.7 Å². The monoisotopic (exact) mass is 249 g/mol. The predicted molar refractivity (Wildman–Crippen MR) is 69.6 cm³/mol. The molecule has 2 aromatic rings. The van der Waals surface area contributed by atoms with Crippen LogP contribution in [0, 0.1) is 0 Å². The van der Waals surface area contributed by atoms with Crippen molar-refractivity contribution in [2.75, 3.05) is 11.9 Å². The van der Waals surface area contributed by atoms with Gasteiger partial charge in [-0.25, -0.2) is 4.79 Å². The van der Waals surface area contributed by atoms with E-state index in [1.165, 1.54) is 0 Å². The summed E-state index contributed by atoms with van der Waals surface area (Å²) in [7, 11) is 0. The molecule has 88 valence electrons. The minimum absolute atomic E-state index is 0.356. The molecule has 0 fully saturated rings. The van der Waals surface area contributed by atoms with Crippen LogP contribution >= 0.6 is 11.6 Å². The number of ether oxygens (including phenoxy) is 1. The molecule has 0 saturated heterocycles. The lowest BCUT2D eigenvalue weighted by atomic mass is 10.1. The maximum atomic E-state index is 11.2. The first kappa shape index (κ1) is 11.7. The third-order valence-corrected chi connectivity index (χ3v) is 2.56. The number of fused-ring (bicyclic) bond motifs is 1. The Labute approximate surface area is 104 Å². The van der Waals surface area contributed by atoms with Crippen molar-refractivity contribution < 1.29 is 9.53 Å². The fourth-order valence-corrected chi connectivity index (χ4v) is 1.76. The van der Waals surface area contributed by atoms with Gasteiger partial charge in [0.25, 0.3) is 0 Å². The van der Waals surface area contributed by atoms with Gasteiger partial charge in [0.2, 0.25) is 0 Å². The topological polar surface area (TPSA) is 38.3 Å². The van der Waals surface area contributed by atoms with E-state index in [0.29, 0.717) is 17.3 Å². The molecule has 0 spiro atoms. The summed E-state index contributed by atoms with van der Waals surface area (Å²) in [6.07, 6.45) is -0.444. The number of halogens is 1. The highest BCUT2D eigenvalue weighted by molar-refractivity contribution is 6.31. The molecule has 0 radical (unpaired) electrons. The number of amides is 1. The molecule has 0 aliphatic carbocycles. The fourth-order valence-electron chi connectivity index (χ4n) is 1.58. The van der Waals surface area contributed by atoms with Crippen LogP contribution in [-0.4, -0.2) is 12.7 Å². The maximum absolute atomic E-state index is 11.2. The molecule has 1 N–H and O–H groups in total. The highest BCUT2D eigenvalue weighted by atomic mass is 35.5. The number of hydrogen-bond acceptors (Lipinski definition) is 2. The minimum atomic E-state index is -0.444. The summed E-state index contributed by atoms with van der Waals surface area (Å²) in [5, 5.41) is 5.40. The van der Waals surface area contributed by atoms with Crippen LogP contribution in [0.2, 0.25) is 5.02 Å². The maximum Gasteiger partial charge on any atom is 0.411 e. The molecule has 0 aromatic heterocycles. The normalized spacial score (nSPS) is 10.2. The third-order valence-electron chi connectivity index (χ3n) is 2.32. The Kier molecular flexibility index (Phi) is 3.49. The van der Waals surface area contributed by atoms with E-state index < -0.39 is 6.09 Å². The summed E-state index contributed by atoms with van der Waals surface area (Å²) in [6, 6.07) is 11.2. The average molecular weight is 250 g/mol. The van der Waals surface area contributed by atoms with Crippen LogP contribution in [0.4, 0.5) is 10.5 Å². The van der Waals surface area contributed by atoms with Crippen LogP contribution in [-0.2, 0) is 4.74 Å². The van der Waals surface area contributed by atoms with Gasteiger partial charge in [-0.3, -0.25) is 5.32 Å². The van der Waals surface area contributed by atoms with Crippen molar-refractivity contribution in [3.05, 3.63) is 41.4 Å². The van der Waals surface area contributed by atoms with Crippen molar-refractivity contribution in [2.24, 2.45) is 0 Å². The van der Waals surface area contributed by atoms with Crippen LogP contribution < -0.4 is 5.32 Å². The molecule has 0 unspecified atom stereocenters. The van der Waals surface area contributed by atoms with E-state index >= 15 is 0 Å². The molecular formula is C13H12ClNO2. The van der Waals surface area contributed by atoms with Gasteiger partial charge in [-0.15, -0.1) is 0 Å². The van der Waals surface area contributed by atoms with Gasteiger partial charge < -0.3 is 4.74 Å². The highest BCUT2D eigenvalue weighted by Crippen LogP contribution is 2.22. The van der Waals surface area contributed by atoms with Crippen molar-refractivity contribution in [3.63, 3.8) is 0 Å². The number of anilines is 1. The lowest BCUT2D eigenvalue weighted by molar-refractivity contribution is 0.168. The van der Waals surface area contributed by atoms with Crippen molar-refractivity contribution in [3.8, 4) is 0 Å². The summed E-state index contributed by atoms with van der Waals surface area (Å²) < 4.78 is 4.81. The summed E-state index contributed by atoms with van der Waals surface area (Å²) in [5.41, 5.74) is 0.707. The summed E-state index contributed by atoms with van der Waals surface area (Å²) >= 11 is 5.89. The number of nitrogens with one attached hydrogen (secondary N) is 1. The summed E-state index contributed by atoms with van der Waals surface area (Å²) in [4.78, 5) is 11.2. The number of rotatable bonds is 2. The first-order valence-electron chi connectivity index (χ1n) is 5.32. The molecule has 2 rings (SSSR count). The zero-order valence-electron chi connectivity index (χ0n) is 9.37. The molecule has 1 amide bonds. The lowest BCUT2D eigenvalue weighted by Crippen LogP contribution is -2.13. The zero-order valence-corrected chi connectivity index (χ0v) is 10.1. The molecule has 2 aromatic carbocycles. The Morgan fingerprint density at radius 1 is 1.24 bits per heavy atom. The predicted octanol–water partition coefficient (Wildman–Crippen LogP) is 4.06. The second-order valence-corrected chi connectivity index (χ2v) is 3.99. The van der Waals surface area contributed by atoms with Crippen molar-refractivity contribution in [1.29, 1.82) is 0 Å². The van der Waals surface area contributed by atoms with Gasteiger partial charge in [-0.1, -0.05) is 23.7 Å². The van der Waals surface area contributed by atoms with Crippen molar-refractivity contribution >= 4 is 34.2 Å². The lowest BCUT2D eigenvalue weighted by Gasteiger charge is -2.06. The first-order valence-corrected chi connectivity index (χ1v) is 5.70. The van der Waals surface area contributed by atoms with Gasteiger partial charge in [0.05, 0.1) is 6.61 Å². The number of hydrogen-bond donors (Lipinski definition) is 1. The largest absolute Gasteiger partial charge is 0.450 e. The molecule has 3 nitrogen and oxygen atoms in total. The first-order chi connectivity index (χ1) is 8.19. The number of carbonyl (C=O) groups excluding carboxylic acids is 1. The highest BCUT2D eigenvalue weighted by Gasteiger charge is 2.02. The Morgan fingerprint density at radius 3 is 2.71 bits per heavy atom. The number of benzene rings is 2. The second-order valence-electron chi connectivity index (χ2n) is 3.55. The quantitative estimate of drug-likeness (QED) is 0.872. The van der Waals surface area contributed by atoms with Gasteiger partial charge in [-0.05, 0) is 42.0 Å². The molecule has 0 aliphatic heterocycles. The Balaban J connectivity index is 2.26. The Morgan fingerprint density at radius 2 is 1.94 bits per heavy atom. The van der Waals surface area contributed by atoms with E-state index in [-0.39, 0.29) is 0 Å². The van der Waals surface area contributed by atoms with Crippen LogP contribution in [0.25, 0.3) is 10.8 Å². The van der Waals surface area contributed by atoms with Gasteiger partial charge in [0.1, 0.15) is 0 Å². The van der Waals surface area contributed by atoms with Crippen LogP contribution in [0.5, 0.6) is 0 Å². The molecule has 0 atom stereocenters. The van der Waals surface area contributed by atoms with Crippen LogP contribution in [0.3, 0.4) is 0 Å². The van der Waals surface area contributed by atoms with Crippen LogP contribution in [0.1, 0.15) is 6.92 Å². The second kappa shape index (κ2) is 5.06. The molecular weight excluding hydrogens is 238 g/mol. The number of carbonyl (C=O) groups is 1. The summed E-state index contributed by atoms with van der Waals surface area (Å²) in [5.74, 6) is 0.